The number of benzene rings is 1. The van der Waals surface area contributed by atoms with Gasteiger partial charge in [-0.3, -0.25) is 4.79 Å². The average Bonchev–Trinajstić information content (AvgIpc) is 2.92. The molecule has 7 heteroatoms. The fourth-order valence-electron chi connectivity index (χ4n) is 5.20. The number of halogens is 2. The van der Waals surface area contributed by atoms with E-state index in [4.69, 9.17) is 23.2 Å². The number of nitrogens with zero attached hydrogens (tertiary/aromatic N) is 2. The predicted molar refractivity (Wildman–Crippen MR) is 178 cm³/mol. The highest BCUT2D eigenvalue weighted by Crippen LogP contribution is 2.47. The molecule has 1 aromatic carbocycles. The van der Waals surface area contributed by atoms with Gasteiger partial charge in [0, 0.05) is 28.4 Å². The van der Waals surface area contributed by atoms with Crippen molar-refractivity contribution in [2.75, 3.05) is 47.4 Å². The molecule has 0 bridgehead atoms. The van der Waals surface area contributed by atoms with Gasteiger partial charge in [-0.2, -0.15) is 0 Å². The summed E-state index contributed by atoms with van der Waals surface area (Å²) in [5.41, 5.74) is 2.70. The summed E-state index contributed by atoms with van der Waals surface area (Å²) >= 11 is 12.5. The quantitative estimate of drug-likeness (QED) is 0.125. The number of hydrogen-bond donors (Lipinski definition) is 2. The smallest absolute Gasteiger partial charge is 0.223 e. The summed E-state index contributed by atoms with van der Waals surface area (Å²) in [7, 11) is 6.17. The van der Waals surface area contributed by atoms with Gasteiger partial charge < -0.3 is 20.2 Å². The average molecular weight is 607 g/mol. The molecule has 1 fully saturated rings. The van der Waals surface area contributed by atoms with Crippen LogP contribution in [0, 0.1) is 11.3 Å². The maximum absolute atomic E-state index is 13.2. The van der Waals surface area contributed by atoms with Gasteiger partial charge in [-0.25, -0.2) is 0 Å². The van der Waals surface area contributed by atoms with Crippen LogP contribution >= 0.6 is 23.2 Å². The van der Waals surface area contributed by atoms with Crippen molar-refractivity contribution < 1.29 is 9.90 Å². The molecule has 3 atom stereocenters. The van der Waals surface area contributed by atoms with Crippen LogP contribution in [-0.2, 0) is 11.2 Å². The summed E-state index contributed by atoms with van der Waals surface area (Å²) in [6, 6.07) is 5.23. The van der Waals surface area contributed by atoms with Crippen molar-refractivity contribution in [3.8, 4) is 0 Å². The van der Waals surface area contributed by atoms with Crippen LogP contribution < -0.4 is 5.32 Å². The van der Waals surface area contributed by atoms with Crippen LogP contribution in [0.1, 0.15) is 58.4 Å². The van der Waals surface area contributed by atoms with Crippen LogP contribution in [0.4, 0.5) is 0 Å². The fraction of sp³-hybridized carbons (Fsp3) is 0.559. The van der Waals surface area contributed by atoms with Gasteiger partial charge >= 0.3 is 0 Å². The number of rotatable bonds is 15. The zero-order valence-corrected chi connectivity index (χ0v) is 27.7. The van der Waals surface area contributed by atoms with E-state index in [-0.39, 0.29) is 24.0 Å². The first kappa shape index (κ1) is 37.1. The van der Waals surface area contributed by atoms with Gasteiger partial charge in [0.2, 0.25) is 5.91 Å². The van der Waals surface area contributed by atoms with E-state index >= 15 is 0 Å². The number of hydrogen-bond acceptors (Lipinski definition) is 4. The van der Waals surface area contributed by atoms with E-state index in [1.54, 1.807) is 18.2 Å². The van der Waals surface area contributed by atoms with Crippen molar-refractivity contribution >= 4 is 29.1 Å². The van der Waals surface area contributed by atoms with Crippen molar-refractivity contribution in [1.29, 1.82) is 0 Å². The van der Waals surface area contributed by atoms with E-state index < -0.39 is 0 Å². The summed E-state index contributed by atoms with van der Waals surface area (Å²) in [6.45, 7) is 17.6. The number of nitrogens with one attached hydrogen (secondary N) is 1. The molecule has 0 aliphatic carbocycles. The van der Waals surface area contributed by atoms with Gasteiger partial charge in [0.15, 0.2) is 0 Å². The molecule has 1 heterocycles. The summed E-state index contributed by atoms with van der Waals surface area (Å²) in [5.74, 6) is 0.623. The van der Waals surface area contributed by atoms with Gasteiger partial charge in [-0.1, -0.05) is 99.5 Å². The lowest BCUT2D eigenvalue weighted by atomic mass is 9.65. The molecule has 1 aliphatic rings. The molecule has 1 aromatic rings. The van der Waals surface area contributed by atoms with Crippen LogP contribution in [-0.4, -0.2) is 74.2 Å². The minimum Gasteiger partial charge on any atom is -0.392 e. The van der Waals surface area contributed by atoms with Crippen molar-refractivity contribution in [3.63, 3.8) is 0 Å². The molecule has 2 rings (SSSR count). The standard InChI is InChI=1S/C28H37Cl2NO2.C6H16N2/c1-6-8-9-23(14-17-32)27-28(5,21(4)18-20(3)7-2)15-12-26(33)31(27)16-13-22-10-11-24(29)19-25(22)30;1-7-5-4-6-8(2)3/h6,8-11,14,19-20,27,32H,1,4,7,12-13,15-18H2,2-3,5H3;7H,4-6H2,1-3H3/b9-8-,23-14+;. The van der Waals surface area contributed by atoms with Crippen molar-refractivity contribution in [2.45, 2.75) is 65.3 Å². The Balaban J connectivity index is 0.000000915. The van der Waals surface area contributed by atoms with Crippen LogP contribution in [0.3, 0.4) is 0 Å². The Morgan fingerprint density at radius 2 is 2.05 bits per heavy atom. The number of aliphatic hydroxyl groups is 1. The number of aliphatic hydroxyl groups excluding tert-OH is 1. The lowest BCUT2D eigenvalue weighted by molar-refractivity contribution is -0.139. The number of allylic oxidation sites excluding steroid dienone is 2. The summed E-state index contributed by atoms with van der Waals surface area (Å²) < 4.78 is 0. The molecular formula is C34H53Cl2N3O2. The Morgan fingerprint density at radius 3 is 2.61 bits per heavy atom. The second-order valence-corrected chi connectivity index (χ2v) is 12.3. The third-order valence-corrected chi connectivity index (χ3v) is 8.52. The van der Waals surface area contributed by atoms with Crippen LogP contribution in [0.5, 0.6) is 0 Å². The Hall–Kier alpha value is -1.89. The molecule has 0 saturated carbocycles. The maximum Gasteiger partial charge on any atom is 0.223 e. The monoisotopic (exact) mass is 605 g/mol. The predicted octanol–water partition coefficient (Wildman–Crippen LogP) is 7.34. The van der Waals surface area contributed by atoms with Gasteiger partial charge in [0.05, 0.1) is 12.6 Å². The van der Waals surface area contributed by atoms with Crippen LogP contribution in [0.25, 0.3) is 0 Å². The molecule has 1 saturated heterocycles. The number of piperidine rings is 1. The maximum atomic E-state index is 13.2. The Bertz CT molecular complexity index is 1040. The summed E-state index contributed by atoms with van der Waals surface area (Å²) in [4.78, 5) is 17.4. The topological polar surface area (TPSA) is 55.8 Å². The molecule has 0 aromatic heterocycles. The number of likely N-dealkylation sites (tertiary alicyclic amines) is 1. The third kappa shape index (κ3) is 12.1. The molecule has 5 nitrogen and oxygen atoms in total. The second kappa shape index (κ2) is 19.3. The van der Waals surface area contributed by atoms with Crippen LogP contribution in [0.2, 0.25) is 10.0 Å². The Morgan fingerprint density at radius 1 is 1.34 bits per heavy atom. The lowest BCUT2D eigenvalue weighted by Gasteiger charge is -2.50. The van der Waals surface area contributed by atoms with Gasteiger partial charge in [0.1, 0.15) is 0 Å². The summed E-state index contributed by atoms with van der Waals surface area (Å²) in [5, 5.41) is 14.1. The van der Waals surface area contributed by atoms with Gasteiger partial charge in [0.25, 0.3) is 0 Å². The number of amides is 1. The zero-order chi connectivity index (χ0) is 31.0. The third-order valence-electron chi connectivity index (χ3n) is 7.93. The number of carbonyl (C=O) groups excluding carboxylic acids is 1. The Kier molecular flexibility index (Phi) is 17.5. The zero-order valence-electron chi connectivity index (χ0n) is 26.2. The minimum atomic E-state index is -0.312. The molecule has 2 N–H and O–H groups in total. The van der Waals surface area contributed by atoms with E-state index in [0.717, 1.165) is 42.5 Å². The van der Waals surface area contributed by atoms with Gasteiger partial charge in [-0.05, 0) is 89.1 Å². The molecule has 41 heavy (non-hydrogen) atoms. The van der Waals surface area contributed by atoms with Crippen molar-refractivity contribution in [3.05, 3.63) is 82.4 Å². The Labute approximate surface area is 260 Å². The van der Waals surface area contributed by atoms with Crippen LogP contribution in [0.15, 0.2) is 66.8 Å². The van der Waals surface area contributed by atoms with Gasteiger partial charge in [-0.15, -0.1) is 0 Å². The summed E-state index contributed by atoms with van der Waals surface area (Å²) in [6.07, 6.45) is 12.3. The van der Waals surface area contributed by atoms with E-state index in [1.807, 2.05) is 36.2 Å². The van der Waals surface area contributed by atoms with Crippen molar-refractivity contribution in [1.82, 2.24) is 15.1 Å². The molecule has 3 unspecified atom stereocenters. The van der Waals surface area contributed by atoms with Crippen molar-refractivity contribution in [2.24, 2.45) is 11.3 Å². The fourth-order valence-corrected chi connectivity index (χ4v) is 5.70. The first-order valence-electron chi connectivity index (χ1n) is 14.8. The SMILES string of the molecule is C=C/C=C\C(=C/CO)C1N(CCc2ccc(Cl)cc2Cl)C(=O)CCC1(C)C(=C)CC(C)CC.CNCCCN(C)C. The highest BCUT2D eigenvalue weighted by Gasteiger charge is 2.46. The largest absolute Gasteiger partial charge is 0.392 e. The highest BCUT2D eigenvalue weighted by molar-refractivity contribution is 6.35. The van der Waals surface area contributed by atoms with E-state index in [1.165, 1.54) is 13.0 Å². The normalized spacial score (nSPS) is 20.2. The minimum absolute atomic E-state index is 0.105. The second-order valence-electron chi connectivity index (χ2n) is 11.5. The first-order valence-corrected chi connectivity index (χ1v) is 15.5. The highest BCUT2D eigenvalue weighted by atomic mass is 35.5. The number of carbonyl (C=O) groups is 1. The molecule has 1 aliphatic heterocycles. The molecule has 0 radical (unpaired) electrons. The molecule has 230 valence electrons. The van der Waals surface area contributed by atoms with E-state index in [9.17, 15) is 9.90 Å². The molecule has 1 amide bonds. The van der Waals surface area contributed by atoms with E-state index in [2.05, 4.69) is 58.2 Å². The lowest BCUT2D eigenvalue weighted by Crippen LogP contribution is -2.55. The molecule has 0 spiro atoms. The molecular weight excluding hydrogens is 553 g/mol. The van der Waals surface area contributed by atoms with E-state index in [0.29, 0.717) is 35.3 Å². The first-order chi connectivity index (χ1) is 19.4.